The van der Waals surface area contributed by atoms with Gasteiger partial charge in [-0.05, 0) is 76.9 Å². The van der Waals surface area contributed by atoms with Crippen molar-refractivity contribution in [1.29, 1.82) is 0 Å². The second-order valence-corrected chi connectivity index (χ2v) is 10.0. The van der Waals surface area contributed by atoms with E-state index in [0.29, 0.717) is 24.6 Å². The van der Waals surface area contributed by atoms with Gasteiger partial charge >= 0.3 is 0 Å². The van der Waals surface area contributed by atoms with Crippen LogP contribution in [0.4, 0.5) is 5.69 Å². The average Bonchev–Trinajstić information content (AvgIpc) is 3.46. The summed E-state index contributed by atoms with van der Waals surface area (Å²) < 4.78 is 11.7. The van der Waals surface area contributed by atoms with E-state index in [9.17, 15) is 4.79 Å². The number of ether oxygens (including phenoxy) is 2. The Labute approximate surface area is 255 Å². The maximum absolute atomic E-state index is 13.2. The molecule has 0 saturated carbocycles. The first-order valence-electron chi connectivity index (χ1n) is 14.2. The van der Waals surface area contributed by atoms with Gasteiger partial charge in [-0.3, -0.25) is 9.79 Å². The summed E-state index contributed by atoms with van der Waals surface area (Å²) in [5, 5.41) is 5.01. The molecule has 2 N–H and O–H groups in total. The third kappa shape index (κ3) is 7.27. The van der Waals surface area contributed by atoms with Crippen LogP contribution in [-0.4, -0.2) is 23.3 Å². The fourth-order valence-corrected chi connectivity index (χ4v) is 4.57. The Bertz CT molecular complexity index is 1880. The zero-order valence-corrected chi connectivity index (χ0v) is 23.9. The van der Waals surface area contributed by atoms with E-state index in [-0.39, 0.29) is 0 Å². The lowest BCUT2D eigenvalue weighted by Crippen LogP contribution is -2.18. The van der Waals surface area contributed by atoms with Crippen LogP contribution in [0.15, 0.2) is 144 Å². The van der Waals surface area contributed by atoms with Crippen molar-refractivity contribution >= 4 is 34.9 Å². The van der Waals surface area contributed by atoms with Crippen LogP contribution in [0.2, 0.25) is 0 Å². The third-order valence-corrected chi connectivity index (χ3v) is 6.89. The summed E-state index contributed by atoms with van der Waals surface area (Å²) in [7, 11) is 0. The number of hydrogen-bond acceptors (Lipinski definition) is 5. The van der Waals surface area contributed by atoms with E-state index in [1.165, 1.54) is 0 Å². The predicted molar refractivity (Wildman–Crippen MR) is 175 cm³/mol. The highest BCUT2D eigenvalue weighted by Gasteiger charge is 2.17. The van der Waals surface area contributed by atoms with Crippen LogP contribution in [0.1, 0.15) is 32.7 Å². The molecule has 1 amide bonds. The van der Waals surface area contributed by atoms with Crippen molar-refractivity contribution in [3.8, 4) is 11.5 Å². The number of H-pyrrole nitrogens is 1. The molecule has 0 aliphatic rings. The highest BCUT2D eigenvalue weighted by atomic mass is 16.5. The van der Waals surface area contributed by atoms with Crippen molar-refractivity contribution in [3.63, 3.8) is 0 Å². The Morgan fingerprint density at radius 2 is 1.16 bits per heavy atom. The smallest absolute Gasteiger partial charge is 0.290 e. The topological polar surface area (TPSA) is 88.1 Å². The standard InChI is InChI=1S/C37H30N4O3/c42-37(41-39-24-28-17-21-32(22-18-28)44-26-30-11-5-2-6-12-30)36-35(33-13-7-8-14-34(33)40-36)38-23-27-15-19-31(20-16-27)43-25-29-9-3-1-4-10-29/h1-24,40H,25-26H2,(H,41,42)/b38-23?,39-24+. The van der Waals surface area contributed by atoms with Crippen molar-refractivity contribution in [3.05, 3.63) is 161 Å². The molecule has 0 radical (unpaired) electrons. The number of hydrogen-bond donors (Lipinski definition) is 2. The first kappa shape index (κ1) is 28.2. The number of aromatic amines is 1. The Hall–Kier alpha value is -5.95. The van der Waals surface area contributed by atoms with Gasteiger partial charge in [0.15, 0.2) is 0 Å². The van der Waals surface area contributed by atoms with Gasteiger partial charge in [0.25, 0.3) is 5.91 Å². The monoisotopic (exact) mass is 578 g/mol. The molecule has 0 aliphatic carbocycles. The van der Waals surface area contributed by atoms with Crippen LogP contribution >= 0.6 is 0 Å². The summed E-state index contributed by atoms with van der Waals surface area (Å²) in [6, 6.07) is 42.9. The van der Waals surface area contributed by atoms with Crippen LogP contribution in [0.25, 0.3) is 10.9 Å². The first-order chi connectivity index (χ1) is 21.7. The van der Waals surface area contributed by atoms with Crippen LogP contribution in [0, 0.1) is 0 Å². The lowest BCUT2D eigenvalue weighted by Gasteiger charge is -2.06. The third-order valence-electron chi connectivity index (χ3n) is 6.89. The van der Waals surface area contributed by atoms with E-state index in [2.05, 4.69) is 15.5 Å². The molecule has 0 aliphatic heterocycles. The minimum Gasteiger partial charge on any atom is -0.489 e. The molecule has 216 valence electrons. The number of para-hydroxylation sites is 1. The van der Waals surface area contributed by atoms with Gasteiger partial charge < -0.3 is 14.5 Å². The van der Waals surface area contributed by atoms with Crippen LogP contribution in [-0.2, 0) is 13.2 Å². The van der Waals surface area contributed by atoms with Gasteiger partial charge in [-0.25, -0.2) is 5.43 Å². The maximum atomic E-state index is 13.2. The Morgan fingerprint density at radius 3 is 1.75 bits per heavy atom. The number of carbonyl (C=O) groups excluding carboxylic acids is 1. The van der Waals surface area contributed by atoms with Crippen molar-refractivity contribution in [2.75, 3.05) is 0 Å². The lowest BCUT2D eigenvalue weighted by molar-refractivity contribution is 0.0951. The fourth-order valence-electron chi connectivity index (χ4n) is 4.57. The van der Waals surface area contributed by atoms with Gasteiger partial charge in [-0.2, -0.15) is 5.10 Å². The number of benzene rings is 5. The molecule has 7 heteroatoms. The molecule has 0 bridgehead atoms. The van der Waals surface area contributed by atoms with Gasteiger partial charge in [0.05, 0.1) is 6.21 Å². The SMILES string of the molecule is O=C(N/N=C/c1ccc(OCc2ccccc2)cc1)c1[nH]c2ccccc2c1N=Cc1ccc(OCc2ccccc2)cc1. The Balaban J connectivity index is 1.10. The first-order valence-corrected chi connectivity index (χ1v) is 14.2. The fraction of sp³-hybridized carbons (Fsp3) is 0.0541. The molecule has 0 fully saturated rings. The lowest BCUT2D eigenvalue weighted by atomic mass is 10.2. The van der Waals surface area contributed by atoms with Gasteiger partial charge in [-0.15, -0.1) is 0 Å². The van der Waals surface area contributed by atoms with E-state index < -0.39 is 5.91 Å². The summed E-state index contributed by atoms with van der Waals surface area (Å²) >= 11 is 0. The van der Waals surface area contributed by atoms with Crippen molar-refractivity contribution in [2.24, 2.45) is 10.1 Å². The maximum Gasteiger partial charge on any atom is 0.290 e. The largest absolute Gasteiger partial charge is 0.489 e. The molecule has 1 heterocycles. The second-order valence-electron chi connectivity index (χ2n) is 10.0. The van der Waals surface area contributed by atoms with E-state index in [1.54, 1.807) is 12.4 Å². The number of carbonyl (C=O) groups is 1. The molecule has 6 rings (SSSR count). The molecular formula is C37H30N4O3. The number of fused-ring (bicyclic) bond motifs is 1. The molecule has 5 aromatic carbocycles. The minimum absolute atomic E-state index is 0.326. The molecule has 0 saturated heterocycles. The van der Waals surface area contributed by atoms with Crippen LogP contribution in [0.5, 0.6) is 11.5 Å². The van der Waals surface area contributed by atoms with Crippen molar-refractivity contribution in [1.82, 2.24) is 10.4 Å². The predicted octanol–water partition coefficient (Wildman–Crippen LogP) is 7.84. The van der Waals surface area contributed by atoms with Gasteiger partial charge in [-0.1, -0.05) is 78.9 Å². The van der Waals surface area contributed by atoms with E-state index >= 15 is 0 Å². The van der Waals surface area contributed by atoms with E-state index in [0.717, 1.165) is 44.7 Å². The molecule has 0 unspecified atom stereocenters. The Morgan fingerprint density at radius 1 is 0.636 bits per heavy atom. The highest BCUT2D eigenvalue weighted by molar-refractivity contribution is 6.08. The molecule has 0 spiro atoms. The summed E-state index contributed by atoms with van der Waals surface area (Å²) in [4.78, 5) is 21.1. The van der Waals surface area contributed by atoms with E-state index in [1.807, 2.05) is 133 Å². The zero-order valence-electron chi connectivity index (χ0n) is 23.9. The number of rotatable bonds is 11. The minimum atomic E-state index is -0.392. The number of hydrazone groups is 1. The molecule has 6 aromatic rings. The summed E-state index contributed by atoms with van der Waals surface area (Å²) in [6.07, 6.45) is 3.32. The summed E-state index contributed by atoms with van der Waals surface area (Å²) in [5.41, 5.74) is 8.20. The van der Waals surface area contributed by atoms with Gasteiger partial charge in [0.1, 0.15) is 36.1 Å². The van der Waals surface area contributed by atoms with Crippen molar-refractivity contribution in [2.45, 2.75) is 13.2 Å². The second kappa shape index (κ2) is 13.8. The molecular weight excluding hydrogens is 548 g/mol. The number of aromatic nitrogens is 1. The summed E-state index contributed by atoms with van der Waals surface area (Å²) in [5.74, 6) is 1.13. The highest BCUT2D eigenvalue weighted by Crippen LogP contribution is 2.30. The molecule has 1 aromatic heterocycles. The number of nitrogens with one attached hydrogen (secondary N) is 2. The molecule has 44 heavy (non-hydrogen) atoms. The van der Waals surface area contributed by atoms with Crippen LogP contribution < -0.4 is 14.9 Å². The van der Waals surface area contributed by atoms with Gasteiger partial charge in [0, 0.05) is 17.1 Å². The Kier molecular flexibility index (Phi) is 8.84. The molecule has 0 atom stereocenters. The van der Waals surface area contributed by atoms with E-state index in [4.69, 9.17) is 14.5 Å². The number of nitrogens with zero attached hydrogens (tertiary/aromatic N) is 2. The van der Waals surface area contributed by atoms with Gasteiger partial charge in [0.2, 0.25) is 0 Å². The number of amides is 1. The molecule has 7 nitrogen and oxygen atoms in total. The van der Waals surface area contributed by atoms with Crippen molar-refractivity contribution < 1.29 is 14.3 Å². The zero-order chi connectivity index (χ0) is 30.0. The average molecular weight is 579 g/mol. The quantitative estimate of drug-likeness (QED) is 0.121. The van der Waals surface area contributed by atoms with Crippen LogP contribution in [0.3, 0.4) is 0 Å². The summed E-state index contributed by atoms with van der Waals surface area (Å²) in [6.45, 7) is 0.993. The number of aliphatic imine (C=N–C) groups is 1. The normalized spacial score (nSPS) is 11.3.